The van der Waals surface area contributed by atoms with E-state index in [0.717, 1.165) is 48.3 Å². The lowest BCUT2D eigenvalue weighted by atomic mass is 10.1. The molecule has 1 aliphatic heterocycles. The first kappa shape index (κ1) is 17.2. The largest absolute Gasteiger partial charge is 0.488 e. The first-order chi connectivity index (χ1) is 13.2. The highest BCUT2D eigenvalue weighted by atomic mass is 16.5. The standard InChI is InChI=1S/C20H20N4O3/c25-19(26)13-4-6-15(7-5-13)23-20-22-12-14-2-1-3-17(18(14)24-20)27-16-8-10-21-11-9-16/h1-7,12,16,21H,8-11H2,(H,25,26)(H,22,23,24). The van der Waals surface area contributed by atoms with Crippen molar-refractivity contribution >= 4 is 28.5 Å². The average molecular weight is 364 g/mol. The lowest BCUT2D eigenvalue weighted by Gasteiger charge is -2.24. The fourth-order valence-corrected chi connectivity index (χ4v) is 3.10. The Morgan fingerprint density at radius 1 is 1.15 bits per heavy atom. The minimum atomic E-state index is -0.955. The Morgan fingerprint density at radius 3 is 2.67 bits per heavy atom. The Morgan fingerprint density at radius 2 is 1.93 bits per heavy atom. The summed E-state index contributed by atoms with van der Waals surface area (Å²) in [6.45, 7) is 1.92. The van der Waals surface area contributed by atoms with Gasteiger partial charge in [0.2, 0.25) is 5.95 Å². The molecular weight excluding hydrogens is 344 g/mol. The van der Waals surface area contributed by atoms with Gasteiger partial charge in [-0.2, -0.15) is 0 Å². The van der Waals surface area contributed by atoms with Crippen LogP contribution in [-0.2, 0) is 0 Å². The summed E-state index contributed by atoms with van der Waals surface area (Å²) in [6.07, 6.45) is 3.89. The van der Waals surface area contributed by atoms with Crippen LogP contribution in [-0.4, -0.2) is 40.2 Å². The highest BCUT2D eigenvalue weighted by Gasteiger charge is 2.16. The first-order valence-corrected chi connectivity index (χ1v) is 8.92. The summed E-state index contributed by atoms with van der Waals surface area (Å²) in [5.74, 6) is 0.237. The SMILES string of the molecule is O=C(O)c1ccc(Nc2ncc3cccc(OC4CCNCC4)c3n2)cc1. The number of hydrogen-bond acceptors (Lipinski definition) is 6. The Bertz CT molecular complexity index is 953. The minimum Gasteiger partial charge on any atom is -0.488 e. The number of ether oxygens (including phenoxy) is 1. The molecule has 7 heteroatoms. The van der Waals surface area contributed by atoms with E-state index in [4.69, 9.17) is 9.84 Å². The summed E-state index contributed by atoms with van der Waals surface area (Å²) in [5, 5.41) is 16.3. The van der Waals surface area contributed by atoms with Crippen molar-refractivity contribution in [3.63, 3.8) is 0 Å². The number of aromatic nitrogens is 2. The van der Waals surface area contributed by atoms with Crippen molar-refractivity contribution in [2.75, 3.05) is 18.4 Å². The number of nitrogens with zero attached hydrogens (tertiary/aromatic N) is 2. The lowest BCUT2D eigenvalue weighted by Crippen LogP contribution is -2.34. The molecule has 0 spiro atoms. The number of carboxylic acids is 1. The number of hydrogen-bond donors (Lipinski definition) is 3. The highest BCUT2D eigenvalue weighted by Crippen LogP contribution is 2.27. The highest BCUT2D eigenvalue weighted by molar-refractivity contribution is 5.88. The maximum atomic E-state index is 11.0. The molecule has 1 aromatic heterocycles. The van der Waals surface area contributed by atoms with Crippen LogP contribution >= 0.6 is 0 Å². The summed E-state index contributed by atoms with van der Waals surface area (Å²) in [5.41, 5.74) is 1.71. The van der Waals surface area contributed by atoms with E-state index in [2.05, 4.69) is 20.6 Å². The van der Waals surface area contributed by atoms with Crippen LogP contribution in [0.5, 0.6) is 5.75 Å². The van der Waals surface area contributed by atoms with Gasteiger partial charge in [0.1, 0.15) is 17.4 Å². The zero-order chi connectivity index (χ0) is 18.6. The van der Waals surface area contributed by atoms with Crippen LogP contribution in [0.2, 0.25) is 0 Å². The predicted molar refractivity (Wildman–Crippen MR) is 103 cm³/mol. The number of nitrogens with one attached hydrogen (secondary N) is 2. The van der Waals surface area contributed by atoms with Crippen LogP contribution in [0.25, 0.3) is 10.9 Å². The van der Waals surface area contributed by atoms with Crippen molar-refractivity contribution < 1.29 is 14.6 Å². The molecule has 138 valence electrons. The molecule has 0 amide bonds. The minimum absolute atomic E-state index is 0.187. The Balaban J connectivity index is 1.58. The Labute approximate surface area is 156 Å². The molecule has 0 radical (unpaired) electrons. The molecule has 0 saturated carbocycles. The Kier molecular flexibility index (Phi) is 4.84. The molecule has 0 atom stereocenters. The van der Waals surface area contributed by atoms with Gasteiger partial charge in [-0.1, -0.05) is 12.1 Å². The molecule has 7 nitrogen and oxygen atoms in total. The normalized spacial score (nSPS) is 14.8. The molecule has 0 aliphatic carbocycles. The number of carboxylic acid groups (broad SMARTS) is 1. The van der Waals surface area contributed by atoms with Gasteiger partial charge in [0, 0.05) is 17.3 Å². The van der Waals surface area contributed by atoms with E-state index in [9.17, 15) is 4.79 Å². The lowest BCUT2D eigenvalue weighted by molar-refractivity contribution is 0.0697. The summed E-state index contributed by atoms with van der Waals surface area (Å²) in [4.78, 5) is 19.9. The predicted octanol–water partition coefficient (Wildman–Crippen LogP) is 3.20. The van der Waals surface area contributed by atoms with Crippen molar-refractivity contribution in [2.45, 2.75) is 18.9 Å². The second-order valence-corrected chi connectivity index (χ2v) is 6.46. The van der Waals surface area contributed by atoms with Gasteiger partial charge < -0.3 is 20.5 Å². The summed E-state index contributed by atoms with van der Waals surface area (Å²) >= 11 is 0. The topological polar surface area (TPSA) is 96.4 Å². The molecule has 1 fully saturated rings. The van der Waals surface area contributed by atoms with E-state index in [1.54, 1.807) is 18.3 Å². The molecule has 2 aromatic carbocycles. The molecule has 0 unspecified atom stereocenters. The van der Waals surface area contributed by atoms with E-state index in [1.165, 1.54) is 12.1 Å². The van der Waals surface area contributed by atoms with Crippen molar-refractivity contribution in [3.05, 3.63) is 54.2 Å². The van der Waals surface area contributed by atoms with Gasteiger partial charge in [0.05, 0.1) is 5.56 Å². The van der Waals surface area contributed by atoms with Gasteiger partial charge >= 0.3 is 5.97 Å². The third-order valence-corrected chi connectivity index (χ3v) is 4.54. The van der Waals surface area contributed by atoms with E-state index >= 15 is 0 Å². The van der Waals surface area contributed by atoms with Gasteiger partial charge in [-0.15, -0.1) is 0 Å². The quantitative estimate of drug-likeness (QED) is 0.640. The van der Waals surface area contributed by atoms with Crippen molar-refractivity contribution in [3.8, 4) is 5.75 Å². The molecule has 1 saturated heterocycles. The third-order valence-electron chi connectivity index (χ3n) is 4.54. The number of anilines is 2. The van der Waals surface area contributed by atoms with Crippen LogP contribution < -0.4 is 15.4 Å². The van der Waals surface area contributed by atoms with Crippen LogP contribution in [0.3, 0.4) is 0 Å². The molecular formula is C20H20N4O3. The number of para-hydroxylation sites is 1. The van der Waals surface area contributed by atoms with Crippen molar-refractivity contribution in [1.82, 2.24) is 15.3 Å². The van der Waals surface area contributed by atoms with Gasteiger partial charge in [0.15, 0.2) is 0 Å². The number of aromatic carboxylic acids is 1. The molecule has 3 aromatic rings. The van der Waals surface area contributed by atoms with Crippen LogP contribution in [0.15, 0.2) is 48.7 Å². The van der Waals surface area contributed by atoms with E-state index in [-0.39, 0.29) is 11.7 Å². The molecule has 3 N–H and O–H groups in total. The number of carbonyl (C=O) groups is 1. The van der Waals surface area contributed by atoms with E-state index < -0.39 is 5.97 Å². The zero-order valence-corrected chi connectivity index (χ0v) is 14.7. The second kappa shape index (κ2) is 7.59. The van der Waals surface area contributed by atoms with Crippen LogP contribution in [0.1, 0.15) is 23.2 Å². The monoisotopic (exact) mass is 364 g/mol. The van der Waals surface area contributed by atoms with Crippen LogP contribution in [0, 0.1) is 0 Å². The average Bonchev–Trinajstić information content (AvgIpc) is 2.70. The summed E-state index contributed by atoms with van der Waals surface area (Å²) in [7, 11) is 0. The summed E-state index contributed by atoms with van der Waals surface area (Å²) in [6, 6.07) is 12.3. The first-order valence-electron chi connectivity index (χ1n) is 8.92. The van der Waals surface area contributed by atoms with Crippen LogP contribution in [0.4, 0.5) is 11.6 Å². The fourth-order valence-electron chi connectivity index (χ4n) is 3.10. The van der Waals surface area contributed by atoms with Gasteiger partial charge in [-0.3, -0.25) is 0 Å². The maximum Gasteiger partial charge on any atom is 0.335 e. The summed E-state index contributed by atoms with van der Waals surface area (Å²) < 4.78 is 6.19. The van der Waals surface area contributed by atoms with Gasteiger partial charge in [0.25, 0.3) is 0 Å². The molecule has 4 rings (SSSR count). The number of benzene rings is 2. The third kappa shape index (κ3) is 3.98. The number of fused-ring (bicyclic) bond motifs is 1. The van der Waals surface area contributed by atoms with Crippen molar-refractivity contribution in [2.24, 2.45) is 0 Å². The van der Waals surface area contributed by atoms with E-state index in [0.29, 0.717) is 5.95 Å². The number of rotatable bonds is 5. The molecule has 1 aliphatic rings. The van der Waals surface area contributed by atoms with Crippen molar-refractivity contribution in [1.29, 1.82) is 0 Å². The van der Waals surface area contributed by atoms with E-state index in [1.807, 2.05) is 18.2 Å². The fraction of sp³-hybridized carbons (Fsp3) is 0.250. The van der Waals surface area contributed by atoms with Gasteiger partial charge in [-0.25, -0.2) is 14.8 Å². The maximum absolute atomic E-state index is 11.0. The zero-order valence-electron chi connectivity index (χ0n) is 14.7. The molecule has 0 bridgehead atoms. The molecule has 27 heavy (non-hydrogen) atoms. The smallest absolute Gasteiger partial charge is 0.335 e. The second-order valence-electron chi connectivity index (χ2n) is 6.46. The number of piperidine rings is 1. The molecule has 2 heterocycles. The Hall–Kier alpha value is -3.19. The van der Waals surface area contributed by atoms with Gasteiger partial charge in [-0.05, 0) is 56.3 Å².